The van der Waals surface area contributed by atoms with E-state index >= 15 is 0 Å². The molecule has 0 amide bonds. The van der Waals surface area contributed by atoms with Gasteiger partial charge in [-0.3, -0.25) is 4.79 Å². The maximum Gasteiger partial charge on any atom is 0.170 e. The van der Waals surface area contributed by atoms with Crippen molar-refractivity contribution in [3.8, 4) is 0 Å². The molecule has 0 aliphatic carbocycles. The zero-order valence-electron chi connectivity index (χ0n) is 9.57. The number of Topliss-reactive ketones (excluding diaryl/α,β-unsaturated/α-hetero) is 1. The van der Waals surface area contributed by atoms with E-state index in [1.54, 1.807) is 18.2 Å². The first-order chi connectivity index (χ1) is 8.20. The standard InChI is InChI=1S/C14H13FO2/c1-2-14-12(6-7-17-14)13(16)9-10-4-3-5-11(15)8-10/h3-8H,2,9H2,1H3. The van der Waals surface area contributed by atoms with Crippen molar-refractivity contribution in [2.24, 2.45) is 0 Å². The van der Waals surface area contributed by atoms with Gasteiger partial charge in [-0.15, -0.1) is 0 Å². The average Bonchev–Trinajstić information content (AvgIpc) is 2.77. The molecule has 2 rings (SSSR count). The van der Waals surface area contributed by atoms with Crippen LogP contribution in [0.5, 0.6) is 0 Å². The Morgan fingerprint density at radius 3 is 2.88 bits per heavy atom. The van der Waals surface area contributed by atoms with Crippen LogP contribution in [0.2, 0.25) is 0 Å². The van der Waals surface area contributed by atoms with Crippen molar-refractivity contribution in [1.82, 2.24) is 0 Å². The monoisotopic (exact) mass is 232 g/mol. The second-order valence-electron chi connectivity index (χ2n) is 3.84. The smallest absolute Gasteiger partial charge is 0.170 e. The van der Waals surface area contributed by atoms with Gasteiger partial charge in [0.05, 0.1) is 11.8 Å². The van der Waals surface area contributed by atoms with E-state index in [0.717, 1.165) is 0 Å². The number of ketones is 1. The number of benzene rings is 1. The molecular formula is C14H13FO2. The molecule has 0 saturated heterocycles. The van der Waals surface area contributed by atoms with Crippen LogP contribution in [0.4, 0.5) is 4.39 Å². The van der Waals surface area contributed by atoms with Gasteiger partial charge in [0.25, 0.3) is 0 Å². The third-order valence-corrected chi connectivity index (χ3v) is 2.62. The molecule has 0 unspecified atom stereocenters. The highest BCUT2D eigenvalue weighted by molar-refractivity contribution is 5.98. The maximum atomic E-state index is 13.0. The van der Waals surface area contributed by atoms with Crippen LogP contribution >= 0.6 is 0 Å². The summed E-state index contributed by atoms with van der Waals surface area (Å²) in [5.41, 5.74) is 1.27. The quantitative estimate of drug-likeness (QED) is 0.756. The van der Waals surface area contributed by atoms with Crippen molar-refractivity contribution in [2.75, 3.05) is 0 Å². The second-order valence-corrected chi connectivity index (χ2v) is 3.84. The van der Waals surface area contributed by atoms with Gasteiger partial charge in [-0.1, -0.05) is 19.1 Å². The molecular weight excluding hydrogens is 219 g/mol. The first-order valence-corrected chi connectivity index (χ1v) is 5.54. The van der Waals surface area contributed by atoms with E-state index in [1.165, 1.54) is 18.4 Å². The Morgan fingerprint density at radius 1 is 1.35 bits per heavy atom. The van der Waals surface area contributed by atoms with Crippen molar-refractivity contribution in [1.29, 1.82) is 0 Å². The summed E-state index contributed by atoms with van der Waals surface area (Å²) in [4.78, 5) is 12.0. The zero-order chi connectivity index (χ0) is 12.3. The fourth-order valence-corrected chi connectivity index (χ4v) is 1.79. The molecule has 0 saturated carbocycles. The van der Waals surface area contributed by atoms with Gasteiger partial charge in [-0.2, -0.15) is 0 Å². The van der Waals surface area contributed by atoms with Crippen LogP contribution < -0.4 is 0 Å². The van der Waals surface area contributed by atoms with Crippen molar-refractivity contribution in [3.05, 3.63) is 59.3 Å². The largest absolute Gasteiger partial charge is 0.469 e. The first kappa shape index (κ1) is 11.6. The molecule has 2 aromatic rings. The number of rotatable bonds is 4. The van der Waals surface area contributed by atoms with E-state index in [0.29, 0.717) is 23.3 Å². The molecule has 0 bridgehead atoms. The third kappa shape index (κ3) is 2.61. The SMILES string of the molecule is CCc1occc1C(=O)Cc1cccc(F)c1. The number of furan rings is 1. The molecule has 0 fully saturated rings. The molecule has 17 heavy (non-hydrogen) atoms. The van der Waals surface area contributed by atoms with E-state index in [4.69, 9.17) is 4.42 Å². The Morgan fingerprint density at radius 2 is 2.18 bits per heavy atom. The van der Waals surface area contributed by atoms with Crippen LogP contribution in [0.3, 0.4) is 0 Å². The van der Waals surface area contributed by atoms with E-state index in [2.05, 4.69) is 0 Å². The summed E-state index contributed by atoms with van der Waals surface area (Å²) in [5.74, 6) is 0.325. The average molecular weight is 232 g/mol. The summed E-state index contributed by atoms with van der Waals surface area (Å²) in [6.07, 6.45) is 2.39. The molecule has 0 radical (unpaired) electrons. The molecule has 0 aliphatic heterocycles. The Balaban J connectivity index is 2.17. The fraction of sp³-hybridized carbons (Fsp3) is 0.214. The fourth-order valence-electron chi connectivity index (χ4n) is 1.79. The number of carbonyl (C=O) groups is 1. The molecule has 2 nitrogen and oxygen atoms in total. The lowest BCUT2D eigenvalue weighted by Gasteiger charge is -2.01. The van der Waals surface area contributed by atoms with Gasteiger partial charge in [0.2, 0.25) is 0 Å². The second kappa shape index (κ2) is 4.95. The molecule has 0 spiro atoms. The first-order valence-electron chi connectivity index (χ1n) is 5.54. The van der Waals surface area contributed by atoms with Crippen LogP contribution in [-0.2, 0) is 12.8 Å². The van der Waals surface area contributed by atoms with Gasteiger partial charge in [0.15, 0.2) is 5.78 Å². The van der Waals surface area contributed by atoms with Gasteiger partial charge in [-0.05, 0) is 23.8 Å². The van der Waals surface area contributed by atoms with E-state index in [9.17, 15) is 9.18 Å². The van der Waals surface area contributed by atoms with Gasteiger partial charge < -0.3 is 4.42 Å². The lowest BCUT2D eigenvalue weighted by atomic mass is 10.0. The summed E-state index contributed by atoms with van der Waals surface area (Å²) in [7, 11) is 0. The molecule has 0 aliphatic rings. The van der Waals surface area contributed by atoms with Crippen molar-refractivity contribution < 1.29 is 13.6 Å². The summed E-state index contributed by atoms with van der Waals surface area (Å²) in [5, 5.41) is 0. The highest BCUT2D eigenvalue weighted by Crippen LogP contribution is 2.15. The minimum Gasteiger partial charge on any atom is -0.469 e. The summed E-state index contributed by atoms with van der Waals surface area (Å²) < 4.78 is 18.2. The van der Waals surface area contributed by atoms with E-state index in [1.807, 2.05) is 6.92 Å². The van der Waals surface area contributed by atoms with Crippen molar-refractivity contribution in [2.45, 2.75) is 19.8 Å². The van der Waals surface area contributed by atoms with E-state index < -0.39 is 0 Å². The summed E-state index contributed by atoms with van der Waals surface area (Å²) >= 11 is 0. The summed E-state index contributed by atoms with van der Waals surface area (Å²) in [6, 6.07) is 7.76. The Kier molecular flexibility index (Phi) is 3.38. The molecule has 1 heterocycles. The topological polar surface area (TPSA) is 30.2 Å². The number of halogens is 1. The number of hydrogen-bond donors (Lipinski definition) is 0. The van der Waals surface area contributed by atoms with Crippen LogP contribution in [-0.4, -0.2) is 5.78 Å². The van der Waals surface area contributed by atoms with Gasteiger partial charge in [0.1, 0.15) is 11.6 Å². The highest BCUT2D eigenvalue weighted by Gasteiger charge is 2.13. The van der Waals surface area contributed by atoms with Crippen molar-refractivity contribution >= 4 is 5.78 Å². The van der Waals surface area contributed by atoms with Crippen LogP contribution in [0.1, 0.15) is 28.6 Å². The van der Waals surface area contributed by atoms with Crippen LogP contribution in [0.25, 0.3) is 0 Å². The Bertz CT molecular complexity index is 529. The molecule has 1 aromatic heterocycles. The van der Waals surface area contributed by atoms with Crippen LogP contribution in [0, 0.1) is 5.82 Å². The molecule has 88 valence electrons. The highest BCUT2D eigenvalue weighted by atomic mass is 19.1. The van der Waals surface area contributed by atoms with Crippen molar-refractivity contribution in [3.63, 3.8) is 0 Å². The molecule has 0 N–H and O–H groups in total. The molecule has 0 atom stereocenters. The zero-order valence-corrected chi connectivity index (χ0v) is 9.57. The normalized spacial score (nSPS) is 10.5. The Hall–Kier alpha value is -1.90. The molecule has 1 aromatic carbocycles. The molecule has 3 heteroatoms. The predicted molar refractivity (Wildman–Crippen MR) is 62.5 cm³/mol. The van der Waals surface area contributed by atoms with Crippen LogP contribution in [0.15, 0.2) is 41.0 Å². The predicted octanol–water partition coefficient (Wildman–Crippen LogP) is 3.41. The number of hydrogen-bond acceptors (Lipinski definition) is 2. The van der Waals surface area contributed by atoms with E-state index in [-0.39, 0.29) is 18.0 Å². The number of carbonyl (C=O) groups excluding carboxylic acids is 1. The Labute approximate surface area is 99.1 Å². The van der Waals surface area contributed by atoms with Gasteiger partial charge >= 0.3 is 0 Å². The minimum atomic E-state index is -0.321. The van der Waals surface area contributed by atoms with Gasteiger partial charge in [-0.25, -0.2) is 4.39 Å². The number of aryl methyl sites for hydroxylation is 1. The van der Waals surface area contributed by atoms with Gasteiger partial charge in [0, 0.05) is 12.8 Å². The lowest BCUT2D eigenvalue weighted by molar-refractivity contribution is 0.0991. The third-order valence-electron chi connectivity index (χ3n) is 2.62. The minimum absolute atomic E-state index is 0.0406. The summed E-state index contributed by atoms with van der Waals surface area (Å²) in [6.45, 7) is 1.93. The lowest BCUT2D eigenvalue weighted by Crippen LogP contribution is -2.04. The maximum absolute atomic E-state index is 13.0.